The van der Waals surface area contributed by atoms with Gasteiger partial charge in [0.2, 0.25) is 5.91 Å². The molecule has 1 aliphatic heterocycles. The number of hydrogen-bond donors (Lipinski definition) is 1. The van der Waals surface area contributed by atoms with Gasteiger partial charge >= 0.3 is 0 Å². The maximum atomic E-state index is 12.4. The predicted molar refractivity (Wildman–Crippen MR) is 91.8 cm³/mol. The van der Waals surface area contributed by atoms with Crippen LogP contribution in [0.15, 0.2) is 48.5 Å². The number of nitrogens with zero attached hydrogens (tertiary/aromatic N) is 1. The molecule has 0 radical (unpaired) electrons. The van der Waals surface area contributed by atoms with Gasteiger partial charge in [0.1, 0.15) is 5.75 Å². The average molecular weight is 324 g/mol. The molecule has 0 aromatic heterocycles. The number of benzene rings is 2. The molecule has 0 unspecified atom stereocenters. The van der Waals surface area contributed by atoms with Gasteiger partial charge < -0.3 is 15.0 Å². The first-order valence-corrected chi connectivity index (χ1v) is 7.97. The van der Waals surface area contributed by atoms with E-state index in [4.69, 9.17) is 4.74 Å². The maximum absolute atomic E-state index is 12.4. The average Bonchev–Trinajstić information content (AvgIpc) is 2.60. The first-order chi connectivity index (χ1) is 11.6. The smallest absolute Gasteiger partial charge is 0.260 e. The van der Waals surface area contributed by atoms with Crippen molar-refractivity contribution < 1.29 is 14.3 Å². The second-order valence-electron chi connectivity index (χ2n) is 5.80. The summed E-state index contributed by atoms with van der Waals surface area (Å²) >= 11 is 0. The Morgan fingerprint density at radius 1 is 1.08 bits per heavy atom. The number of rotatable bonds is 4. The van der Waals surface area contributed by atoms with E-state index in [1.54, 1.807) is 12.1 Å². The number of hydrogen-bond acceptors (Lipinski definition) is 3. The van der Waals surface area contributed by atoms with Gasteiger partial charge in [-0.1, -0.05) is 36.4 Å². The molecule has 1 heterocycles. The monoisotopic (exact) mass is 324 g/mol. The molecule has 1 aliphatic rings. The van der Waals surface area contributed by atoms with Crippen LogP contribution in [0.4, 0.5) is 5.69 Å². The molecule has 0 bridgehead atoms. The summed E-state index contributed by atoms with van der Waals surface area (Å²) in [7, 11) is 0. The Morgan fingerprint density at radius 2 is 1.79 bits per heavy atom. The Bertz CT molecular complexity index is 758. The summed E-state index contributed by atoms with van der Waals surface area (Å²) in [5, 5.41) is 2.70. The van der Waals surface area contributed by atoms with E-state index in [0.717, 1.165) is 6.42 Å². The van der Waals surface area contributed by atoms with Gasteiger partial charge in [0, 0.05) is 20.0 Å². The number of amides is 2. The Balaban J connectivity index is 1.62. The topological polar surface area (TPSA) is 58.6 Å². The summed E-state index contributed by atoms with van der Waals surface area (Å²) in [5.74, 6) is 0.269. The molecule has 2 amide bonds. The number of carbonyl (C=O) groups is 2. The van der Waals surface area contributed by atoms with Crippen LogP contribution in [0.3, 0.4) is 0 Å². The van der Waals surface area contributed by atoms with Gasteiger partial charge in [0.15, 0.2) is 6.61 Å². The third-order valence-electron chi connectivity index (χ3n) is 4.03. The number of fused-ring (bicyclic) bond motifs is 1. The van der Waals surface area contributed by atoms with E-state index in [9.17, 15) is 9.59 Å². The van der Waals surface area contributed by atoms with Crippen LogP contribution in [-0.2, 0) is 22.6 Å². The first kappa shape index (κ1) is 16.1. The highest BCUT2D eigenvalue weighted by Gasteiger charge is 2.20. The van der Waals surface area contributed by atoms with Gasteiger partial charge in [-0.2, -0.15) is 0 Å². The summed E-state index contributed by atoms with van der Waals surface area (Å²) < 4.78 is 5.64. The van der Waals surface area contributed by atoms with Gasteiger partial charge in [-0.25, -0.2) is 0 Å². The number of ether oxygens (including phenoxy) is 1. The third kappa shape index (κ3) is 3.74. The van der Waals surface area contributed by atoms with Crippen LogP contribution in [-0.4, -0.2) is 29.9 Å². The minimum atomic E-state index is -0.176. The molecule has 0 saturated heterocycles. The number of nitrogens with one attached hydrogen (secondary N) is 1. The maximum Gasteiger partial charge on any atom is 0.260 e. The molecule has 3 rings (SSSR count). The van der Waals surface area contributed by atoms with Crippen molar-refractivity contribution in [2.45, 2.75) is 19.9 Å². The van der Waals surface area contributed by atoms with Crippen molar-refractivity contribution >= 4 is 17.5 Å². The molecule has 2 aromatic carbocycles. The molecule has 5 nitrogen and oxygen atoms in total. The van der Waals surface area contributed by atoms with Gasteiger partial charge in [-0.3, -0.25) is 9.59 Å². The third-order valence-corrected chi connectivity index (χ3v) is 4.03. The lowest BCUT2D eigenvalue weighted by Gasteiger charge is -2.28. The zero-order chi connectivity index (χ0) is 16.9. The Morgan fingerprint density at radius 3 is 2.58 bits per heavy atom. The van der Waals surface area contributed by atoms with E-state index in [1.165, 1.54) is 18.1 Å². The van der Waals surface area contributed by atoms with Crippen LogP contribution in [0.25, 0.3) is 0 Å². The first-order valence-electron chi connectivity index (χ1n) is 7.97. The second-order valence-corrected chi connectivity index (χ2v) is 5.80. The summed E-state index contributed by atoms with van der Waals surface area (Å²) in [6.45, 7) is 2.71. The van der Waals surface area contributed by atoms with Crippen molar-refractivity contribution in [2.75, 3.05) is 18.5 Å². The van der Waals surface area contributed by atoms with E-state index in [2.05, 4.69) is 17.4 Å². The quantitative estimate of drug-likeness (QED) is 0.940. The van der Waals surface area contributed by atoms with Crippen LogP contribution < -0.4 is 10.1 Å². The van der Waals surface area contributed by atoms with E-state index in [-0.39, 0.29) is 18.4 Å². The standard InChI is InChI=1S/C19H20N2O3/c1-14(22)20-17-8-4-5-9-18(17)24-13-19(23)21-11-10-15-6-2-3-7-16(15)12-21/h2-9H,10-13H2,1H3,(H,20,22). The fourth-order valence-electron chi connectivity index (χ4n) is 2.82. The van der Waals surface area contributed by atoms with Crippen LogP contribution in [0.5, 0.6) is 5.75 Å². The highest BCUT2D eigenvalue weighted by molar-refractivity contribution is 5.90. The number of anilines is 1. The lowest BCUT2D eigenvalue weighted by Crippen LogP contribution is -2.38. The van der Waals surface area contributed by atoms with Crippen molar-refractivity contribution in [3.05, 3.63) is 59.7 Å². The van der Waals surface area contributed by atoms with Crippen molar-refractivity contribution in [3.63, 3.8) is 0 Å². The molecule has 0 aliphatic carbocycles. The Labute approximate surface area is 141 Å². The van der Waals surface area contributed by atoms with Crippen molar-refractivity contribution in [3.8, 4) is 5.75 Å². The van der Waals surface area contributed by atoms with Gasteiger partial charge in [-0.05, 0) is 29.7 Å². The summed E-state index contributed by atoms with van der Waals surface area (Å²) in [5.41, 5.74) is 3.07. The van der Waals surface area contributed by atoms with Crippen LogP contribution in [0.1, 0.15) is 18.1 Å². The van der Waals surface area contributed by atoms with Gasteiger partial charge in [0.25, 0.3) is 5.91 Å². The van der Waals surface area contributed by atoms with E-state index >= 15 is 0 Å². The van der Waals surface area contributed by atoms with E-state index in [1.807, 2.05) is 29.2 Å². The largest absolute Gasteiger partial charge is 0.482 e. The molecule has 0 atom stereocenters. The molecular formula is C19H20N2O3. The fraction of sp³-hybridized carbons (Fsp3) is 0.263. The minimum Gasteiger partial charge on any atom is -0.482 e. The molecule has 1 N–H and O–H groups in total. The number of para-hydroxylation sites is 2. The lowest BCUT2D eigenvalue weighted by atomic mass is 10.00. The molecule has 5 heteroatoms. The Kier molecular flexibility index (Phi) is 4.79. The zero-order valence-electron chi connectivity index (χ0n) is 13.6. The Hall–Kier alpha value is -2.82. The molecule has 124 valence electrons. The molecule has 2 aromatic rings. The van der Waals surface area contributed by atoms with E-state index < -0.39 is 0 Å². The zero-order valence-corrected chi connectivity index (χ0v) is 13.6. The normalized spacial score (nSPS) is 13.1. The fourth-order valence-corrected chi connectivity index (χ4v) is 2.82. The van der Waals surface area contributed by atoms with Crippen molar-refractivity contribution in [1.82, 2.24) is 4.90 Å². The summed E-state index contributed by atoms with van der Waals surface area (Å²) in [4.78, 5) is 25.5. The summed E-state index contributed by atoms with van der Waals surface area (Å²) in [6.07, 6.45) is 0.865. The molecular weight excluding hydrogens is 304 g/mol. The number of carbonyl (C=O) groups excluding carboxylic acids is 2. The SMILES string of the molecule is CC(=O)Nc1ccccc1OCC(=O)N1CCc2ccccc2C1. The van der Waals surface area contributed by atoms with Crippen LogP contribution in [0, 0.1) is 0 Å². The lowest BCUT2D eigenvalue weighted by molar-refractivity contribution is -0.134. The molecule has 0 spiro atoms. The van der Waals surface area contributed by atoms with E-state index in [0.29, 0.717) is 24.5 Å². The molecule has 24 heavy (non-hydrogen) atoms. The predicted octanol–water partition coefficient (Wildman–Crippen LogP) is 2.61. The van der Waals surface area contributed by atoms with Crippen LogP contribution >= 0.6 is 0 Å². The highest BCUT2D eigenvalue weighted by atomic mass is 16.5. The van der Waals surface area contributed by atoms with Crippen molar-refractivity contribution in [2.24, 2.45) is 0 Å². The minimum absolute atomic E-state index is 0.0429. The van der Waals surface area contributed by atoms with Gasteiger partial charge in [0.05, 0.1) is 5.69 Å². The molecule has 0 fully saturated rings. The van der Waals surface area contributed by atoms with Crippen LogP contribution in [0.2, 0.25) is 0 Å². The molecule has 0 saturated carbocycles. The summed E-state index contributed by atoms with van der Waals surface area (Å²) in [6, 6.07) is 15.3. The van der Waals surface area contributed by atoms with Gasteiger partial charge in [-0.15, -0.1) is 0 Å². The highest BCUT2D eigenvalue weighted by Crippen LogP contribution is 2.24. The second kappa shape index (κ2) is 7.17. The van der Waals surface area contributed by atoms with Crippen molar-refractivity contribution in [1.29, 1.82) is 0 Å².